The number of para-hydroxylation sites is 1. The third kappa shape index (κ3) is 3.90. The van der Waals surface area contributed by atoms with Gasteiger partial charge in [0.2, 0.25) is 4.35 Å². The predicted molar refractivity (Wildman–Crippen MR) is 73.3 cm³/mol. The number of benzene rings is 1. The first-order valence-electron chi connectivity index (χ1n) is 4.44. The summed E-state index contributed by atoms with van der Waals surface area (Å²) >= 11 is 5.56. The Labute approximate surface area is 113 Å². The van der Waals surface area contributed by atoms with E-state index in [-0.39, 0.29) is 5.75 Å². The van der Waals surface area contributed by atoms with E-state index >= 15 is 0 Å². The molecule has 0 aliphatic rings. The van der Waals surface area contributed by atoms with Gasteiger partial charge in [-0.1, -0.05) is 24.4 Å². The van der Waals surface area contributed by atoms with Crippen molar-refractivity contribution in [3.63, 3.8) is 0 Å². The smallest absolute Gasteiger partial charge is 0.419 e. The minimum atomic E-state index is -4.95. The minimum absolute atomic E-state index is 0.0478. The summed E-state index contributed by atoms with van der Waals surface area (Å²) in [6, 6.07) is 6.31. The van der Waals surface area contributed by atoms with Crippen molar-refractivity contribution in [2.75, 3.05) is 6.26 Å². The van der Waals surface area contributed by atoms with Crippen molar-refractivity contribution in [2.24, 2.45) is 0 Å². The summed E-state index contributed by atoms with van der Waals surface area (Å²) < 4.78 is 26.0. The summed E-state index contributed by atoms with van der Waals surface area (Å²) in [4.78, 5) is 27.6. The lowest BCUT2D eigenvalue weighted by Crippen LogP contribution is -2.04. The van der Waals surface area contributed by atoms with E-state index in [9.17, 15) is 14.0 Å². The second-order valence-corrected chi connectivity index (χ2v) is 8.51. The normalized spacial score (nSPS) is 14.9. The summed E-state index contributed by atoms with van der Waals surface area (Å²) in [6.45, 7) is 0. The lowest BCUT2D eigenvalue weighted by molar-refractivity contribution is 0.383. The molecule has 1 unspecified atom stereocenters. The average molecular weight is 328 g/mol. The standard InChI is InChI=1S/C8H10O6P2S2/c1-18-7-5-3-2-4-6(7)14-16(12,13)8(17)15(9,10)11/h2-5H,1H3,(H,12,13)(H2,9,10,11). The molecule has 0 bridgehead atoms. The first-order valence-corrected chi connectivity index (χ1v) is 9.27. The van der Waals surface area contributed by atoms with Gasteiger partial charge in [0.1, 0.15) is 5.75 Å². The maximum Gasteiger partial charge on any atom is 0.427 e. The maximum atomic E-state index is 11.7. The molecule has 0 radical (unpaired) electrons. The van der Waals surface area contributed by atoms with E-state index in [1.54, 1.807) is 24.5 Å². The van der Waals surface area contributed by atoms with Crippen LogP contribution in [-0.4, -0.2) is 25.3 Å². The molecule has 0 aliphatic carbocycles. The van der Waals surface area contributed by atoms with Crippen LogP contribution >= 0.6 is 39.2 Å². The largest absolute Gasteiger partial charge is 0.427 e. The molecule has 3 N–H and O–H groups in total. The highest BCUT2D eigenvalue weighted by atomic mass is 32.2. The summed E-state index contributed by atoms with van der Waals surface area (Å²) in [5, 5.41) is 0. The van der Waals surface area contributed by atoms with Crippen LogP contribution in [0.4, 0.5) is 0 Å². The Morgan fingerprint density at radius 1 is 1.28 bits per heavy atom. The van der Waals surface area contributed by atoms with Crippen LogP contribution in [0.3, 0.4) is 0 Å². The molecule has 0 aromatic heterocycles. The second kappa shape index (κ2) is 5.84. The summed E-state index contributed by atoms with van der Waals surface area (Å²) in [5.74, 6) is 0.0478. The quantitative estimate of drug-likeness (QED) is 0.430. The minimum Gasteiger partial charge on any atom is -0.419 e. The van der Waals surface area contributed by atoms with E-state index < -0.39 is 19.5 Å². The highest BCUT2D eigenvalue weighted by Crippen LogP contribution is 2.58. The zero-order valence-electron chi connectivity index (χ0n) is 9.09. The molecule has 0 amide bonds. The molecule has 1 rings (SSSR count). The van der Waals surface area contributed by atoms with Crippen molar-refractivity contribution in [1.82, 2.24) is 0 Å². The molecular weight excluding hydrogens is 318 g/mol. The first-order chi connectivity index (χ1) is 8.18. The van der Waals surface area contributed by atoms with Gasteiger partial charge in [0, 0.05) is 4.90 Å². The number of thioether (sulfide) groups is 1. The van der Waals surface area contributed by atoms with Gasteiger partial charge in [-0.25, -0.2) is 4.57 Å². The Morgan fingerprint density at radius 3 is 2.33 bits per heavy atom. The van der Waals surface area contributed by atoms with E-state index in [0.717, 1.165) is 0 Å². The van der Waals surface area contributed by atoms with Gasteiger partial charge in [0.05, 0.1) is 0 Å². The van der Waals surface area contributed by atoms with Gasteiger partial charge in [-0.3, -0.25) is 4.57 Å². The van der Waals surface area contributed by atoms with Gasteiger partial charge in [0.25, 0.3) is 0 Å². The fourth-order valence-electron chi connectivity index (χ4n) is 1.03. The van der Waals surface area contributed by atoms with E-state index in [2.05, 4.69) is 12.2 Å². The van der Waals surface area contributed by atoms with Gasteiger partial charge >= 0.3 is 15.2 Å². The van der Waals surface area contributed by atoms with Crippen LogP contribution in [0.25, 0.3) is 0 Å². The predicted octanol–water partition coefficient (Wildman–Crippen LogP) is 2.44. The fraction of sp³-hybridized carbons (Fsp3) is 0.125. The van der Waals surface area contributed by atoms with E-state index in [1.807, 2.05) is 0 Å². The SMILES string of the molecule is CSc1ccccc1OP(=O)(O)C(=S)P(=O)(O)O. The van der Waals surface area contributed by atoms with Gasteiger partial charge in [-0.05, 0) is 18.4 Å². The molecule has 6 nitrogen and oxygen atoms in total. The highest BCUT2D eigenvalue weighted by molar-refractivity contribution is 8.16. The molecule has 1 aromatic rings. The zero-order valence-corrected chi connectivity index (χ0v) is 12.5. The molecule has 0 spiro atoms. The highest BCUT2D eigenvalue weighted by Gasteiger charge is 2.40. The molecule has 10 heteroatoms. The average Bonchev–Trinajstić information content (AvgIpc) is 2.27. The third-order valence-electron chi connectivity index (χ3n) is 1.78. The Balaban J connectivity index is 3.07. The topological polar surface area (TPSA) is 104 Å². The van der Waals surface area contributed by atoms with Crippen LogP contribution in [-0.2, 0) is 9.13 Å². The molecule has 18 heavy (non-hydrogen) atoms. The van der Waals surface area contributed by atoms with Gasteiger partial charge in [0.15, 0.2) is 0 Å². The first kappa shape index (κ1) is 15.9. The second-order valence-electron chi connectivity index (χ2n) is 3.09. The van der Waals surface area contributed by atoms with Crippen LogP contribution in [0, 0.1) is 0 Å². The van der Waals surface area contributed by atoms with Crippen molar-refractivity contribution >= 4 is 43.5 Å². The van der Waals surface area contributed by atoms with Crippen molar-refractivity contribution in [1.29, 1.82) is 0 Å². The number of rotatable bonds is 5. The molecule has 1 atom stereocenters. The van der Waals surface area contributed by atoms with E-state index in [0.29, 0.717) is 4.90 Å². The lowest BCUT2D eigenvalue weighted by atomic mass is 10.3. The number of hydrogen-bond donors (Lipinski definition) is 3. The van der Waals surface area contributed by atoms with Gasteiger partial charge < -0.3 is 19.2 Å². The lowest BCUT2D eigenvalue weighted by Gasteiger charge is -2.16. The Hall–Kier alpha value is -0.200. The van der Waals surface area contributed by atoms with Crippen LogP contribution in [0.1, 0.15) is 0 Å². The number of thiocarbonyl (C=S) groups is 1. The monoisotopic (exact) mass is 328 g/mol. The van der Waals surface area contributed by atoms with E-state index in [4.69, 9.17) is 14.3 Å². The van der Waals surface area contributed by atoms with Crippen LogP contribution in [0.5, 0.6) is 5.75 Å². The van der Waals surface area contributed by atoms with Crippen molar-refractivity contribution in [2.45, 2.75) is 4.90 Å². The Bertz CT molecular complexity index is 554. The van der Waals surface area contributed by atoms with Crippen molar-refractivity contribution in [3.05, 3.63) is 24.3 Å². The number of hydrogen-bond acceptors (Lipinski definition) is 5. The molecule has 0 aliphatic heterocycles. The maximum absolute atomic E-state index is 11.7. The third-order valence-corrected chi connectivity index (χ3v) is 6.93. The Morgan fingerprint density at radius 2 is 1.83 bits per heavy atom. The summed E-state index contributed by atoms with van der Waals surface area (Å²) in [5.41, 5.74) is 0. The van der Waals surface area contributed by atoms with Crippen LogP contribution in [0.15, 0.2) is 29.2 Å². The van der Waals surface area contributed by atoms with Crippen molar-refractivity contribution < 1.29 is 28.3 Å². The fourth-order valence-corrected chi connectivity index (χ4v) is 3.67. The summed E-state index contributed by atoms with van der Waals surface area (Å²) in [6.07, 6.45) is 1.73. The molecule has 100 valence electrons. The van der Waals surface area contributed by atoms with Gasteiger partial charge in [-0.2, -0.15) is 0 Å². The van der Waals surface area contributed by atoms with Crippen LogP contribution < -0.4 is 4.52 Å². The van der Waals surface area contributed by atoms with E-state index in [1.165, 1.54) is 17.8 Å². The Kier molecular flexibility index (Phi) is 5.14. The molecule has 1 aromatic carbocycles. The molecule has 0 heterocycles. The van der Waals surface area contributed by atoms with Crippen LogP contribution in [0.2, 0.25) is 0 Å². The van der Waals surface area contributed by atoms with Crippen molar-refractivity contribution in [3.8, 4) is 5.75 Å². The molecule has 0 fully saturated rings. The molecule has 0 saturated heterocycles. The molecule has 0 saturated carbocycles. The zero-order chi connectivity index (χ0) is 14.0. The summed E-state index contributed by atoms with van der Waals surface area (Å²) in [7, 11) is -9.66. The van der Waals surface area contributed by atoms with Gasteiger partial charge in [-0.15, -0.1) is 11.8 Å². The molecular formula is C8H10O6P2S2.